The van der Waals surface area contributed by atoms with Crippen molar-refractivity contribution in [1.29, 1.82) is 0 Å². The number of nitrogens with two attached hydrogens (primary N) is 1. The number of hydrogen-bond acceptors (Lipinski definition) is 4. The molecule has 0 saturated heterocycles. The molecular formula is C18H20N2O3. The molecule has 0 radical (unpaired) electrons. The van der Waals surface area contributed by atoms with Crippen LogP contribution in [-0.4, -0.2) is 30.2 Å². The lowest BCUT2D eigenvalue weighted by atomic mass is 10.1. The molecule has 0 fully saturated rings. The highest BCUT2D eigenvalue weighted by Crippen LogP contribution is 2.22. The fourth-order valence-electron chi connectivity index (χ4n) is 2.09. The summed E-state index contributed by atoms with van der Waals surface area (Å²) in [6.07, 6.45) is 0. The van der Waals surface area contributed by atoms with Crippen molar-refractivity contribution in [3.05, 3.63) is 59.7 Å². The Morgan fingerprint density at radius 1 is 1.13 bits per heavy atom. The van der Waals surface area contributed by atoms with Crippen LogP contribution in [0.5, 0.6) is 5.75 Å². The number of nitrogen functional groups attached to an aromatic ring is 1. The van der Waals surface area contributed by atoms with E-state index in [2.05, 4.69) is 0 Å². The topological polar surface area (TPSA) is 72.6 Å². The number of ketones is 1. The number of likely N-dealkylation sites (N-methyl/N-ethyl adjacent to an activating group) is 1. The molecule has 2 aromatic rings. The van der Waals surface area contributed by atoms with Crippen molar-refractivity contribution in [3.63, 3.8) is 0 Å². The van der Waals surface area contributed by atoms with Gasteiger partial charge in [-0.1, -0.05) is 30.3 Å². The molecule has 0 bridgehead atoms. The number of Topliss-reactive ketones (excluding diaryl/α,β-unsaturated/α-hetero) is 1. The van der Waals surface area contributed by atoms with E-state index in [0.717, 1.165) is 5.56 Å². The van der Waals surface area contributed by atoms with Crippen LogP contribution >= 0.6 is 0 Å². The van der Waals surface area contributed by atoms with E-state index in [0.29, 0.717) is 23.5 Å². The van der Waals surface area contributed by atoms with Crippen LogP contribution in [0.2, 0.25) is 0 Å². The molecular weight excluding hydrogens is 292 g/mol. The molecule has 0 unspecified atom stereocenters. The average molecular weight is 312 g/mol. The van der Waals surface area contributed by atoms with Gasteiger partial charge in [-0.05, 0) is 30.7 Å². The summed E-state index contributed by atoms with van der Waals surface area (Å²) in [5.41, 5.74) is 7.75. The maximum atomic E-state index is 12.1. The molecule has 0 saturated carbocycles. The van der Waals surface area contributed by atoms with Gasteiger partial charge >= 0.3 is 0 Å². The van der Waals surface area contributed by atoms with Gasteiger partial charge in [0.05, 0.1) is 5.69 Å². The third-order valence-corrected chi connectivity index (χ3v) is 3.46. The second-order valence-electron chi connectivity index (χ2n) is 5.33. The number of rotatable bonds is 6. The van der Waals surface area contributed by atoms with Gasteiger partial charge in [-0.2, -0.15) is 0 Å². The van der Waals surface area contributed by atoms with Gasteiger partial charge in [0.25, 0.3) is 5.91 Å². The Bertz CT molecular complexity index is 699. The number of ether oxygens (including phenoxy) is 1. The van der Waals surface area contributed by atoms with Crippen molar-refractivity contribution in [2.45, 2.75) is 13.5 Å². The van der Waals surface area contributed by atoms with Gasteiger partial charge in [-0.3, -0.25) is 9.59 Å². The van der Waals surface area contributed by atoms with Crippen molar-refractivity contribution in [1.82, 2.24) is 4.90 Å². The van der Waals surface area contributed by atoms with Crippen LogP contribution in [0.3, 0.4) is 0 Å². The lowest BCUT2D eigenvalue weighted by Gasteiger charge is -2.18. The quantitative estimate of drug-likeness (QED) is 0.657. The molecule has 5 heteroatoms. The maximum Gasteiger partial charge on any atom is 0.260 e. The highest BCUT2D eigenvalue weighted by molar-refractivity contribution is 5.95. The third kappa shape index (κ3) is 4.57. The van der Waals surface area contributed by atoms with Gasteiger partial charge in [0, 0.05) is 19.2 Å². The minimum Gasteiger partial charge on any atom is -0.482 e. The van der Waals surface area contributed by atoms with Crippen molar-refractivity contribution < 1.29 is 14.3 Å². The number of nitrogens with zero attached hydrogens (tertiary/aromatic N) is 1. The highest BCUT2D eigenvalue weighted by atomic mass is 16.5. The van der Waals surface area contributed by atoms with Crippen LogP contribution in [0, 0.1) is 0 Å². The summed E-state index contributed by atoms with van der Waals surface area (Å²) in [5.74, 6) is 0.183. The molecule has 2 rings (SSSR count). The first-order valence-corrected chi connectivity index (χ1v) is 7.28. The molecule has 0 spiro atoms. The fraction of sp³-hybridized carbons (Fsp3) is 0.222. The van der Waals surface area contributed by atoms with E-state index >= 15 is 0 Å². The zero-order valence-electron chi connectivity index (χ0n) is 13.3. The third-order valence-electron chi connectivity index (χ3n) is 3.46. The molecule has 0 aliphatic carbocycles. The number of benzene rings is 2. The molecule has 2 N–H and O–H groups in total. The molecule has 2 aromatic carbocycles. The van der Waals surface area contributed by atoms with E-state index < -0.39 is 0 Å². The van der Waals surface area contributed by atoms with E-state index in [-0.39, 0.29) is 18.3 Å². The zero-order valence-corrected chi connectivity index (χ0v) is 13.3. The minimum absolute atomic E-state index is 0.0677. The average Bonchev–Trinajstić information content (AvgIpc) is 2.54. The summed E-state index contributed by atoms with van der Waals surface area (Å²) in [6.45, 7) is 1.88. The van der Waals surface area contributed by atoms with Crippen molar-refractivity contribution in [2.75, 3.05) is 19.4 Å². The smallest absolute Gasteiger partial charge is 0.260 e. The van der Waals surface area contributed by atoms with Gasteiger partial charge in [0.1, 0.15) is 5.75 Å². The molecule has 0 aliphatic heterocycles. The Labute approximate surface area is 135 Å². The zero-order chi connectivity index (χ0) is 16.8. The Kier molecular flexibility index (Phi) is 5.36. The summed E-state index contributed by atoms with van der Waals surface area (Å²) in [7, 11) is 1.72. The van der Waals surface area contributed by atoms with Crippen molar-refractivity contribution in [3.8, 4) is 5.75 Å². The van der Waals surface area contributed by atoms with E-state index in [1.54, 1.807) is 30.1 Å². The summed E-state index contributed by atoms with van der Waals surface area (Å²) in [4.78, 5) is 25.0. The van der Waals surface area contributed by atoms with Gasteiger partial charge in [-0.25, -0.2) is 0 Å². The SMILES string of the molecule is CC(=O)c1ccc(OCC(=O)N(C)Cc2ccccc2)c(N)c1. The molecule has 5 nitrogen and oxygen atoms in total. The van der Waals surface area contributed by atoms with Crippen LogP contribution in [0.15, 0.2) is 48.5 Å². The van der Waals surface area contributed by atoms with E-state index in [9.17, 15) is 9.59 Å². The summed E-state index contributed by atoms with van der Waals surface area (Å²) in [6, 6.07) is 14.5. The first-order valence-electron chi connectivity index (χ1n) is 7.28. The van der Waals surface area contributed by atoms with Crippen LogP contribution in [0.25, 0.3) is 0 Å². The van der Waals surface area contributed by atoms with E-state index in [4.69, 9.17) is 10.5 Å². The predicted molar refractivity (Wildman–Crippen MR) is 89.3 cm³/mol. The maximum absolute atomic E-state index is 12.1. The van der Waals surface area contributed by atoms with Gasteiger partial charge in [0.2, 0.25) is 0 Å². The van der Waals surface area contributed by atoms with Crippen LogP contribution in [0.4, 0.5) is 5.69 Å². The number of carbonyl (C=O) groups excluding carboxylic acids is 2. The Morgan fingerprint density at radius 3 is 2.43 bits per heavy atom. The number of anilines is 1. The molecule has 120 valence electrons. The molecule has 0 heterocycles. The van der Waals surface area contributed by atoms with E-state index in [1.807, 2.05) is 30.3 Å². The molecule has 0 aromatic heterocycles. The summed E-state index contributed by atoms with van der Waals surface area (Å²) in [5, 5.41) is 0. The minimum atomic E-state index is -0.149. The van der Waals surface area contributed by atoms with E-state index in [1.165, 1.54) is 6.92 Å². The highest BCUT2D eigenvalue weighted by Gasteiger charge is 2.12. The lowest BCUT2D eigenvalue weighted by molar-refractivity contribution is -0.132. The second-order valence-corrected chi connectivity index (χ2v) is 5.33. The van der Waals surface area contributed by atoms with Gasteiger partial charge < -0.3 is 15.4 Å². The number of amides is 1. The fourth-order valence-corrected chi connectivity index (χ4v) is 2.09. The normalized spacial score (nSPS) is 10.2. The monoisotopic (exact) mass is 312 g/mol. The Hall–Kier alpha value is -2.82. The van der Waals surface area contributed by atoms with Crippen LogP contribution in [-0.2, 0) is 11.3 Å². The molecule has 0 atom stereocenters. The lowest BCUT2D eigenvalue weighted by Crippen LogP contribution is -2.31. The summed E-state index contributed by atoms with van der Waals surface area (Å²) >= 11 is 0. The predicted octanol–water partition coefficient (Wildman–Crippen LogP) is 2.51. The van der Waals surface area contributed by atoms with Crippen LogP contribution in [0.1, 0.15) is 22.8 Å². The number of carbonyl (C=O) groups is 2. The van der Waals surface area contributed by atoms with Crippen molar-refractivity contribution >= 4 is 17.4 Å². The standard InChI is InChI=1S/C18H20N2O3/c1-13(21)15-8-9-17(16(19)10-15)23-12-18(22)20(2)11-14-6-4-3-5-7-14/h3-10H,11-12,19H2,1-2H3. The van der Waals surface area contributed by atoms with Gasteiger partial charge in [0.15, 0.2) is 12.4 Å². The molecule has 1 amide bonds. The summed E-state index contributed by atoms with van der Waals surface area (Å²) < 4.78 is 5.46. The Balaban J connectivity index is 1.92. The first-order chi connectivity index (χ1) is 11.0. The van der Waals surface area contributed by atoms with Crippen LogP contribution < -0.4 is 10.5 Å². The molecule has 23 heavy (non-hydrogen) atoms. The van der Waals surface area contributed by atoms with Crippen molar-refractivity contribution in [2.24, 2.45) is 0 Å². The molecule has 0 aliphatic rings. The Morgan fingerprint density at radius 2 is 1.83 bits per heavy atom. The van der Waals surface area contributed by atoms with Gasteiger partial charge in [-0.15, -0.1) is 0 Å². The first kappa shape index (κ1) is 16.5. The second kappa shape index (κ2) is 7.45. The number of hydrogen-bond donors (Lipinski definition) is 1. The largest absolute Gasteiger partial charge is 0.482 e.